The van der Waals surface area contributed by atoms with Crippen LogP contribution in [0.1, 0.15) is 88.7 Å². The summed E-state index contributed by atoms with van der Waals surface area (Å²) in [5.41, 5.74) is 2.25. The standard InChI is InChI=1S/C21H30O2/c1-20(2)13-9-16(10-14-20)17-7-6-8-18(15-17)21(19(22)23)11-4-3-5-12-21/h6-8,15-16H,3-5,9-14H2,1-2H3,(H,22,23). The van der Waals surface area contributed by atoms with E-state index in [4.69, 9.17) is 0 Å². The van der Waals surface area contributed by atoms with E-state index in [-0.39, 0.29) is 0 Å². The van der Waals surface area contributed by atoms with Crippen LogP contribution in [0.25, 0.3) is 0 Å². The lowest BCUT2D eigenvalue weighted by molar-refractivity contribution is -0.145. The maximum absolute atomic E-state index is 12.0. The molecule has 1 aromatic rings. The Labute approximate surface area is 140 Å². The molecule has 0 heterocycles. The smallest absolute Gasteiger partial charge is 0.314 e. The topological polar surface area (TPSA) is 37.3 Å². The van der Waals surface area contributed by atoms with Crippen molar-refractivity contribution in [3.8, 4) is 0 Å². The Hall–Kier alpha value is -1.31. The van der Waals surface area contributed by atoms with Gasteiger partial charge in [0.15, 0.2) is 0 Å². The van der Waals surface area contributed by atoms with E-state index >= 15 is 0 Å². The third-order valence-electron chi connectivity index (χ3n) is 6.37. The first-order chi connectivity index (χ1) is 10.9. The van der Waals surface area contributed by atoms with Crippen LogP contribution in [0.15, 0.2) is 24.3 Å². The van der Waals surface area contributed by atoms with Crippen molar-refractivity contribution in [1.82, 2.24) is 0 Å². The average Bonchev–Trinajstić information content (AvgIpc) is 2.55. The van der Waals surface area contributed by atoms with Crippen molar-refractivity contribution < 1.29 is 9.90 Å². The molecular weight excluding hydrogens is 284 g/mol. The van der Waals surface area contributed by atoms with Gasteiger partial charge in [-0.1, -0.05) is 57.4 Å². The molecule has 2 aliphatic rings. The number of rotatable bonds is 3. The Kier molecular flexibility index (Phi) is 4.53. The molecule has 0 unspecified atom stereocenters. The normalized spacial score (nSPS) is 24.3. The fraction of sp³-hybridized carbons (Fsp3) is 0.667. The van der Waals surface area contributed by atoms with Crippen LogP contribution in [0.5, 0.6) is 0 Å². The van der Waals surface area contributed by atoms with Crippen LogP contribution < -0.4 is 0 Å². The minimum absolute atomic E-state index is 0.472. The summed E-state index contributed by atoms with van der Waals surface area (Å²) in [6, 6.07) is 8.58. The molecule has 1 aromatic carbocycles. The summed E-state index contributed by atoms with van der Waals surface area (Å²) in [7, 11) is 0. The van der Waals surface area contributed by atoms with E-state index in [9.17, 15) is 9.90 Å². The van der Waals surface area contributed by atoms with E-state index in [0.29, 0.717) is 11.3 Å². The van der Waals surface area contributed by atoms with Crippen LogP contribution >= 0.6 is 0 Å². The van der Waals surface area contributed by atoms with Crippen molar-refractivity contribution >= 4 is 5.97 Å². The second kappa shape index (κ2) is 6.30. The lowest BCUT2D eigenvalue weighted by Crippen LogP contribution is -2.38. The van der Waals surface area contributed by atoms with Crippen molar-refractivity contribution in [3.63, 3.8) is 0 Å². The van der Waals surface area contributed by atoms with Gasteiger partial charge in [0.2, 0.25) is 0 Å². The van der Waals surface area contributed by atoms with Crippen LogP contribution in [0.3, 0.4) is 0 Å². The SMILES string of the molecule is CC1(C)CCC(c2cccc(C3(C(=O)O)CCCCC3)c2)CC1. The highest BCUT2D eigenvalue weighted by molar-refractivity contribution is 5.81. The predicted octanol–water partition coefficient (Wildman–Crippen LogP) is 5.66. The molecule has 23 heavy (non-hydrogen) atoms. The predicted molar refractivity (Wildman–Crippen MR) is 93.8 cm³/mol. The average molecular weight is 314 g/mol. The van der Waals surface area contributed by atoms with Gasteiger partial charge in [0.05, 0.1) is 5.41 Å². The minimum Gasteiger partial charge on any atom is -0.481 e. The first-order valence-electron chi connectivity index (χ1n) is 9.27. The van der Waals surface area contributed by atoms with Crippen LogP contribution in [0, 0.1) is 5.41 Å². The monoisotopic (exact) mass is 314 g/mol. The molecule has 0 radical (unpaired) electrons. The molecule has 0 bridgehead atoms. The molecule has 126 valence electrons. The van der Waals surface area contributed by atoms with Crippen molar-refractivity contribution in [2.24, 2.45) is 5.41 Å². The fourth-order valence-electron chi connectivity index (χ4n) is 4.60. The van der Waals surface area contributed by atoms with Gasteiger partial charge in [-0.05, 0) is 61.0 Å². The summed E-state index contributed by atoms with van der Waals surface area (Å²) in [6.45, 7) is 4.72. The molecule has 0 amide bonds. The maximum atomic E-state index is 12.0. The molecule has 2 nitrogen and oxygen atoms in total. The number of aliphatic carboxylic acids is 1. The van der Waals surface area contributed by atoms with Gasteiger partial charge in [-0.3, -0.25) is 4.79 Å². The van der Waals surface area contributed by atoms with E-state index in [1.807, 2.05) is 0 Å². The Bertz CT molecular complexity index is 557. The molecule has 2 fully saturated rings. The highest BCUT2D eigenvalue weighted by Crippen LogP contribution is 2.44. The first kappa shape index (κ1) is 16.5. The minimum atomic E-state index is -0.637. The van der Waals surface area contributed by atoms with Crippen molar-refractivity contribution in [3.05, 3.63) is 35.4 Å². The van der Waals surface area contributed by atoms with E-state index in [2.05, 4.69) is 38.1 Å². The zero-order chi connectivity index (χ0) is 16.5. The van der Waals surface area contributed by atoms with Crippen molar-refractivity contribution in [2.75, 3.05) is 0 Å². The molecular formula is C21H30O2. The van der Waals surface area contributed by atoms with Crippen LogP contribution in [0.2, 0.25) is 0 Å². The van der Waals surface area contributed by atoms with E-state index in [0.717, 1.165) is 31.2 Å². The zero-order valence-electron chi connectivity index (χ0n) is 14.6. The Morgan fingerprint density at radius 2 is 1.70 bits per heavy atom. The number of hydrogen-bond donors (Lipinski definition) is 1. The molecule has 3 rings (SSSR count). The zero-order valence-corrected chi connectivity index (χ0v) is 14.6. The van der Waals surface area contributed by atoms with Gasteiger partial charge in [0.25, 0.3) is 0 Å². The third kappa shape index (κ3) is 3.32. The summed E-state index contributed by atoms with van der Waals surface area (Å²) in [5.74, 6) is -0.0171. The van der Waals surface area contributed by atoms with Crippen LogP contribution in [0.4, 0.5) is 0 Å². The van der Waals surface area contributed by atoms with E-state index < -0.39 is 11.4 Å². The number of carboxylic acid groups (broad SMARTS) is 1. The number of benzene rings is 1. The van der Waals surface area contributed by atoms with Gasteiger partial charge >= 0.3 is 5.97 Å². The van der Waals surface area contributed by atoms with E-state index in [1.54, 1.807) is 0 Å². The summed E-state index contributed by atoms with van der Waals surface area (Å²) < 4.78 is 0. The fourth-order valence-corrected chi connectivity index (χ4v) is 4.60. The second-order valence-electron chi connectivity index (χ2n) is 8.51. The number of carbonyl (C=O) groups is 1. The molecule has 0 aliphatic heterocycles. The first-order valence-corrected chi connectivity index (χ1v) is 9.27. The van der Waals surface area contributed by atoms with Crippen LogP contribution in [-0.4, -0.2) is 11.1 Å². The summed E-state index contributed by atoms with van der Waals surface area (Å²) in [6.07, 6.45) is 9.84. The molecule has 1 N–H and O–H groups in total. The van der Waals surface area contributed by atoms with Crippen LogP contribution in [-0.2, 0) is 10.2 Å². The highest BCUT2D eigenvalue weighted by atomic mass is 16.4. The number of carboxylic acids is 1. The Morgan fingerprint density at radius 3 is 2.30 bits per heavy atom. The molecule has 0 atom stereocenters. The molecule has 0 aromatic heterocycles. The lowest BCUT2D eigenvalue weighted by atomic mass is 9.67. The van der Waals surface area contributed by atoms with Gasteiger partial charge in [0.1, 0.15) is 0 Å². The summed E-state index contributed by atoms with van der Waals surface area (Å²) in [5, 5.41) is 9.91. The molecule has 0 saturated heterocycles. The largest absolute Gasteiger partial charge is 0.481 e. The lowest BCUT2D eigenvalue weighted by Gasteiger charge is -2.36. The third-order valence-corrected chi connectivity index (χ3v) is 6.37. The van der Waals surface area contributed by atoms with Gasteiger partial charge in [0, 0.05) is 0 Å². The van der Waals surface area contributed by atoms with Gasteiger partial charge in [-0.15, -0.1) is 0 Å². The summed E-state index contributed by atoms with van der Waals surface area (Å²) >= 11 is 0. The van der Waals surface area contributed by atoms with Crippen molar-refractivity contribution in [1.29, 1.82) is 0 Å². The highest BCUT2D eigenvalue weighted by Gasteiger charge is 2.41. The molecule has 2 aliphatic carbocycles. The molecule has 0 spiro atoms. The van der Waals surface area contributed by atoms with E-state index in [1.165, 1.54) is 37.7 Å². The maximum Gasteiger partial charge on any atom is 0.314 e. The summed E-state index contributed by atoms with van der Waals surface area (Å²) in [4.78, 5) is 12.0. The van der Waals surface area contributed by atoms with Crippen molar-refractivity contribution in [2.45, 2.75) is 83.0 Å². The van der Waals surface area contributed by atoms with Gasteiger partial charge in [-0.2, -0.15) is 0 Å². The second-order valence-corrected chi connectivity index (χ2v) is 8.51. The molecule has 2 heteroatoms. The quantitative estimate of drug-likeness (QED) is 0.782. The Morgan fingerprint density at radius 1 is 1.04 bits per heavy atom. The van der Waals surface area contributed by atoms with Gasteiger partial charge < -0.3 is 5.11 Å². The molecule has 2 saturated carbocycles. The van der Waals surface area contributed by atoms with Gasteiger partial charge in [-0.25, -0.2) is 0 Å². The Balaban J connectivity index is 1.86. The number of hydrogen-bond acceptors (Lipinski definition) is 1.